The number of pyridine rings is 1. The van der Waals surface area contributed by atoms with Gasteiger partial charge >= 0.3 is 0 Å². The highest BCUT2D eigenvalue weighted by Gasteiger charge is 2.14. The van der Waals surface area contributed by atoms with Crippen molar-refractivity contribution in [2.24, 2.45) is 0 Å². The Hall–Kier alpha value is -4.66. The number of hydrogen-bond donors (Lipinski definition) is 1. The Kier molecular flexibility index (Phi) is 4.32. The van der Waals surface area contributed by atoms with Crippen LogP contribution in [-0.4, -0.2) is 34.3 Å². The molecule has 6 aromatic rings. The molecule has 0 saturated heterocycles. The summed E-state index contributed by atoms with van der Waals surface area (Å²) in [7, 11) is 0. The van der Waals surface area contributed by atoms with Crippen molar-refractivity contribution in [2.45, 2.75) is 6.54 Å². The van der Waals surface area contributed by atoms with Gasteiger partial charge in [-0.25, -0.2) is 19.0 Å². The van der Waals surface area contributed by atoms with Crippen LogP contribution in [0.25, 0.3) is 38.9 Å². The lowest BCUT2D eigenvalue weighted by atomic mass is 10.0. The van der Waals surface area contributed by atoms with Gasteiger partial charge < -0.3 is 5.73 Å². The van der Waals surface area contributed by atoms with Gasteiger partial charge in [0, 0.05) is 29.5 Å². The number of aromatic nitrogens is 7. The Labute approximate surface area is 187 Å². The van der Waals surface area contributed by atoms with E-state index in [-0.39, 0.29) is 11.5 Å². The maximum Gasteiger partial charge on any atom is 0.206 e. The number of nitrogens with two attached hydrogens (primary N) is 1. The second-order valence-corrected chi connectivity index (χ2v) is 7.65. The minimum atomic E-state index is -0.429. The maximum atomic E-state index is 14.2. The summed E-state index contributed by atoms with van der Waals surface area (Å²) in [4.78, 5) is 13.0. The molecule has 9 heteroatoms. The number of hydrogen-bond acceptors (Lipinski definition) is 6. The molecule has 8 nitrogen and oxygen atoms in total. The summed E-state index contributed by atoms with van der Waals surface area (Å²) in [5.41, 5.74) is 11.4. The fraction of sp³-hybridized carbons (Fsp3) is 0.0417. The van der Waals surface area contributed by atoms with Crippen molar-refractivity contribution in [3.05, 3.63) is 90.9 Å². The summed E-state index contributed by atoms with van der Waals surface area (Å²) in [6, 6.07) is 16.8. The highest BCUT2D eigenvalue weighted by atomic mass is 19.1. The standard InChI is InChI=1S/C24H17FN8/c25-20-5-1-4-19-22(20)29-24(26)33-13-18(28-23(19)33)12-32-14-21(30-31-32)16-8-6-15(7-9-16)17-3-2-10-27-11-17/h1-11,13-14H,12H2,(H2,26,29). The van der Waals surface area contributed by atoms with Gasteiger partial charge in [0.25, 0.3) is 0 Å². The van der Waals surface area contributed by atoms with E-state index in [4.69, 9.17) is 5.73 Å². The van der Waals surface area contributed by atoms with Gasteiger partial charge in [0.05, 0.1) is 18.4 Å². The molecule has 6 rings (SSSR count). The van der Waals surface area contributed by atoms with E-state index in [0.29, 0.717) is 23.3 Å². The summed E-state index contributed by atoms with van der Waals surface area (Å²) < 4.78 is 17.5. The Morgan fingerprint density at radius 2 is 1.73 bits per heavy atom. The molecule has 0 spiro atoms. The van der Waals surface area contributed by atoms with Gasteiger partial charge in [0.2, 0.25) is 5.95 Å². The van der Waals surface area contributed by atoms with E-state index in [1.807, 2.05) is 48.8 Å². The van der Waals surface area contributed by atoms with Gasteiger partial charge in [-0.15, -0.1) is 5.10 Å². The molecule has 2 aromatic carbocycles. The molecular formula is C24H17FN8. The van der Waals surface area contributed by atoms with Gasteiger partial charge in [-0.2, -0.15) is 0 Å². The van der Waals surface area contributed by atoms with Crippen LogP contribution < -0.4 is 5.73 Å². The Balaban J connectivity index is 1.29. The molecule has 160 valence electrons. The van der Waals surface area contributed by atoms with Crippen molar-refractivity contribution in [1.82, 2.24) is 34.3 Å². The third-order valence-electron chi connectivity index (χ3n) is 5.49. The first kappa shape index (κ1) is 19.1. The summed E-state index contributed by atoms with van der Waals surface area (Å²) in [5, 5.41) is 9.14. The van der Waals surface area contributed by atoms with Crippen LogP contribution in [0.1, 0.15) is 5.69 Å². The minimum Gasteiger partial charge on any atom is -0.369 e. The molecule has 2 N–H and O–H groups in total. The van der Waals surface area contributed by atoms with Crippen molar-refractivity contribution in [1.29, 1.82) is 0 Å². The number of nitrogens with zero attached hydrogens (tertiary/aromatic N) is 7. The highest BCUT2D eigenvalue weighted by molar-refractivity contribution is 5.92. The molecule has 4 heterocycles. The van der Waals surface area contributed by atoms with Crippen LogP contribution in [0.15, 0.2) is 79.4 Å². The molecule has 4 aromatic heterocycles. The predicted octanol–water partition coefficient (Wildman–Crippen LogP) is 3.97. The van der Waals surface area contributed by atoms with Crippen LogP contribution in [0.4, 0.5) is 10.3 Å². The van der Waals surface area contributed by atoms with Crippen molar-refractivity contribution in [2.75, 3.05) is 5.73 Å². The van der Waals surface area contributed by atoms with E-state index in [2.05, 4.69) is 25.3 Å². The van der Waals surface area contributed by atoms with Crippen LogP contribution in [0.2, 0.25) is 0 Å². The van der Waals surface area contributed by atoms with Crippen molar-refractivity contribution >= 4 is 22.5 Å². The molecule has 0 aliphatic carbocycles. The zero-order valence-corrected chi connectivity index (χ0v) is 17.3. The largest absolute Gasteiger partial charge is 0.369 e. The molecule has 0 saturated carbocycles. The first-order valence-corrected chi connectivity index (χ1v) is 10.3. The van der Waals surface area contributed by atoms with E-state index in [0.717, 1.165) is 22.4 Å². The molecule has 33 heavy (non-hydrogen) atoms. The van der Waals surface area contributed by atoms with Crippen LogP contribution in [-0.2, 0) is 6.54 Å². The van der Waals surface area contributed by atoms with E-state index in [9.17, 15) is 4.39 Å². The number of imidazole rings is 1. The molecule has 0 unspecified atom stereocenters. The Morgan fingerprint density at radius 1 is 0.879 bits per heavy atom. The number of rotatable bonds is 4. The van der Waals surface area contributed by atoms with Crippen LogP contribution in [0.5, 0.6) is 0 Å². The van der Waals surface area contributed by atoms with Crippen molar-refractivity contribution < 1.29 is 4.39 Å². The molecule has 0 atom stereocenters. The van der Waals surface area contributed by atoms with E-state index in [1.54, 1.807) is 33.6 Å². The van der Waals surface area contributed by atoms with Crippen molar-refractivity contribution in [3.8, 4) is 22.4 Å². The second kappa shape index (κ2) is 7.49. The Bertz CT molecular complexity index is 1600. The number of halogens is 1. The van der Waals surface area contributed by atoms with Crippen LogP contribution in [0.3, 0.4) is 0 Å². The Morgan fingerprint density at radius 3 is 2.55 bits per heavy atom. The van der Waals surface area contributed by atoms with E-state index in [1.165, 1.54) is 6.07 Å². The lowest BCUT2D eigenvalue weighted by Gasteiger charge is -2.03. The van der Waals surface area contributed by atoms with Gasteiger partial charge in [0.1, 0.15) is 22.7 Å². The first-order chi connectivity index (χ1) is 16.2. The quantitative estimate of drug-likeness (QED) is 0.449. The normalized spacial score (nSPS) is 11.4. The number of benzene rings is 2. The van der Waals surface area contributed by atoms with Crippen molar-refractivity contribution in [3.63, 3.8) is 0 Å². The van der Waals surface area contributed by atoms with Gasteiger partial charge in [0.15, 0.2) is 0 Å². The molecule has 0 amide bonds. The number of para-hydroxylation sites is 1. The average Bonchev–Trinajstić information content (AvgIpc) is 3.49. The second-order valence-electron chi connectivity index (χ2n) is 7.65. The molecule has 0 bridgehead atoms. The molecule has 0 fully saturated rings. The van der Waals surface area contributed by atoms with Gasteiger partial charge in [-0.05, 0) is 29.3 Å². The van der Waals surface area contributed by atoms with Crippen LogP contribution >= 0.6 is 0 Å². The molecule has 0 aliphatic heterocycles. The fourth-order valence-corrected chi connectivity index (χ4v) is 3.89. The SMILES string of the molecule is Nc1nc2c(F)cccc2c2nc(Cn3cc(-c4ccc(-c5cccnc5)cc4)nn3)cn12. The zero-order valence-electron chi connectivity index (χ0n) is 17.3. The lowest BCUT2D eigenvalue weighted by Crippen LogP contribution is -2.01. The molecule has 0 radical (unpaired) electrons. The topological polar surface area (TPSA) is 99.8 Å². The third kappa shape index (κ3) is 3.35. The summed E-state index contributed by atoms with van der Waals surface area (Å²) >= 11 is 0. The highest BCUT2D eigenvalue weighted by Crippen LogP contribution is 2.25. The van der Waals surface area contributed by atoms with Gasteiger partial charge in [-0.3, -0.25) is 9.38 Å². The fourth-order valence-electron chi connectivity index (χ4n) is 3.89. The van der Waals surface area contributed by atoms with Crippen LogP contribution in [0, 0.1) is 5.82 Å². The first-order valence-electron chi connectivity index (χ1n) is 10.3. The van der Waals surface area contributed by atoms with Gasteiger partial charge in [-0.1, -0.05) is 41.6 Å². The third-order valence-corrected chi connectivity index (χ3v) is 5.49. The lowest BCUT2D eigenvalue weighted by molar-refractivity contribution is 0.636. The molecule has 0 aliphatic rings. The smallest absolute Gasteiger partial charge is 0.206 e. The average molecular weight is 436 g/mol. The summed E-state index contributed by atoms with van der Waals surface area (Å²) in [5.74, 6) is -0.254. The maximum absolute atomic E-state index is 14.2. The minimum absolute atomic E-state index is 0.175. The number of nitrogen functional groups attached to an aromatic ring is 1. The monoisotopic (exact) mass is 436 g/mol. The summed E-state index contributed by atoms with van der Waals surface area (Å²) in [6.45, 7) is 0.388. The van der Waals surface area contributed by atoms with E-state index >= 15 is 0 Å². The summed E-state index contributed by atoms with van der Waals surface area (Å²) in [6.07, 6.45) is 7.24. The number of fused-ring (bicyclic) bond motifs is 3. The molecular weight excluding hydrogens is 419 g/mol. The predicted molar refractivity (Wildman–Crippen MR) is 123 cm³/mol. The zero-order chi connectivity index (χ0) is 22.4. The number of anilines is 1. The van der Waals surface area contributed by atoms with E-state index < -0.39 is 5.82 Å².